The minimum atomic E-state index is -0.905. The van der Waals surface area contributed by atoms with Crippen LogP contribution in [-0.2, 0) is 4.79 Å². The first kappa shape index (κ1) is 15.4. The number of tetrazole rings is 1. The zero-order valence-electron chi connectivity index (χ0n) is 12.0. The number of aromatic nitrogens is 5. The van der Waals surface area contributed by atoms with Crippen LogP contribution in [0, 0.1) is 5.41 Å². The van der Waals surface area contributed by atoms with Gasteiger partial charge in [-0.15, -0.1) is 5.10 Å². The summed E-state index contributed by atoms with van der Waals surface area (Å²) in [4.78, 5) is 15.1. The molecule has 112 valence electrons. The molecule has 1 unspecified atom stereocenters. The number of halogens is 1. The third-order valence-electron chi connectivity index (χ3n) is 3.17. The van der Waals surface area contributed by atoms with Gasteiger partial charge in [-0.05, 0) is 21.9 Å². The van der Waals surface area contributed by atoms with Gasteiger partial charge in [0.05, 0.1) is 17.5 Å². The lowest BCUT2D eigenvalue weighted by Crippen LogP contribution is -2.28. The molecule has 0 spiro atoms. The molecule has 1 N–H and O–H groups in total. The van der Waals surface area contributed by atoms with Crippen LogP contribution in [-0.4, -0.2) is 36.3 Å². The molecule has 0 radical (unpaired) electrons. The van der Waals surface area contributed by atoms with Gasteiger partial charge in [0.25, 0.3) is 0 Å². The number of pyridine rings is 1. The summed E-state index contributed by atoms with van der Waals surface area (Å²) in [5, 5.41) is 21.2. The van der Waals surface area contributed by atoms with E-state index in [-0.39, 0.29) is 11.8 Å². The Morgan fingerprint density at radius 1 is 1.48 bits per heavy atom. The van der Waals surface area contributed by atoms with Crippen LogP contribution >= 0.6 is 11.6 Å². The molecule has 0 aliphatic heterocycles. The maximum absolute atomic E-state index is 11.1. The van der Waals surface area contributed by atoms with E-state index in [9.17, 15) is 4.79 Å². The molecule has 0 saturated heterocycles. The van der Waals surface area contributed by atoms with Gasteiger partial charge in [-0.3, -0.25) is 9.78 Å². The van der Waals surface area contributed by atoms with Gasteiger partial charge in [-0.2, -0.15) is 0 Å². The van der Waals surface area contributed by atoms with Crippen LogP contribution in [0.3, 0.4) is 0 Å². The minimum absolute atomic E-state index is 0.0791. The molecule has 0 fully saturated rings. The van der Waals surface area contributed by atoms with Crippen LogP contribution in [0.15, 0.2) is 18.5 Å². The summed E-state index contributed by atoms with van der Waals surface area (Å²) in [7, 11) is 0. The zero-order valence-corrected chi connectivity index (χ0v) is 12.7. The summed E-state index contributed by atoms with van der Waals surface area (Å²) in [6.07, 6.45) is 3.01. The molecule has 21 heavy (non-hydrogen) atoms. The van der Waals surface area contributed by atoms with Gasteiger partial charge in [0.1, 0.15) is 0 Å². The Kier molecular flexibility index (Phi) is 4.22. The summed E-state index contributed by atoms with van der Waals surface area (Å²) in [5.74, 6) is -0.472. The standard InChI is InChI=1S/C13H16ClN5O2/c1-13(2,3)10(6-11(20)21)19-12(16-17-18-19)8-4-5-15-7-9(8)14/h4-5,7,10H,6H2,1-3H3,(H,20,21). The fourth-order valence-corrected chi connectivity index (χ4v) is 2.27. The van der Waals surface area contributed by atoms with E-state index in [0.29, 0.717) is 16.4 Å². The summed E-state index contributed by atoms with van der Waals surface area (Å²) < 4.78 is 1.52. The van der Waals surface area contributed by atoms with Crippen molar-refractivity contribution in [1.82, 2.24) is 25.2 Å². The number of hydrogen-bond donors (Lipinski definition) is 1. The van der Waals surface area contributed by atoms with Crippen molar-refractivity contribution in [1.29, 1.82) is 0 Å². The highest BCUT2D eigenvalue weighted by Crippen LogP contribution is 2.36. The number of carboxylic acid groups (broad SMARTS) is 1. The topological polar surface area (TPSA) is 93.8 Å². The van der Waals surface area contributed by atoms with E-state index in [1.807, 2.05) is 20.8 Å². The fraction of sp³-hybridized carbons (Fsp3) is 0.462. The molecule has 0 aliphatic carbocycles. The molecule has 0 aliphatic rings. The van der Waals surface area contributed by atoms with Crippen molar-refractivity contribution in [3.05, 3.63) is 23.5 Å². The molecule has 2 aromatic heterocycles. The minimum Gasteiger partial charge on any atom is -0.481 e. The van der Waals surface area contributed by atoms with Gasteiger partial charge in [0.15, 0.2) is 5.82 Å². The monoisotopic (exact) mass is 309 g/mol. The highest BCUT2D eigenvalue weighted by Gasteiger charge is 2.32. The van der Waals surface area contributed by atoms with Crippen molar-refractivity contribution in [3.8, 4) is 11.4 Å². The van der Waals surface area contributed by atoms with Gasteiger partial charge in [0.2, 0.25) is 0 Å². The van der Waals surface area contributed by atoms with E-state index >= 15 is 0 Å². The fourth-order valence-electron chi connectivity index (χ4n) is 2.06. The van der Waals surface area contributed by atoms with Crippen LogP contribution in [0.25, 0.3) is 11.4 Å². The number of carboxylic acids is 1. The van der Waals surface area contributed by atoms with E-state index in [1.54, 1.807) is 12.3 Å². The third-order valence-corrected chi connectivity index (χ3v) is 3.47. The molecule has 2 rings (SSSR count). The maximum atomic E-state index is 11.1. The Bertz CT molecular complexity index is 650. The van der Waals surface area contributed by atoms with Gasteiger partial charge in [-0.25, -0.2) is 4.68 Å². The lowest BCUT2D eigenvalue weighted by Gasteiger charge is -2.29. The second kappa shape index (κ2) is 5.77. The van der Waals surface area contributed by atoms with Crippen molar-refractivity contribution < 1.29 is 9.90 Å². The van der Waals surface area contributed by atoms with Crippen LogP contribution in [0.5, 0.6) is 0 Å². The molecule has 0 bridgehead atoms. The predicted molar refractivity (Wildman–Crippen MR) is 76.8 cm³/mol. The third kappa shape index (κ3) is 3.36. The quantitative estimate of drug-likeness (QED) is 0.932. The van der Waals surface area contributed by atoms with E-state index < -0.39 is 12.0 Å². The van der Waals surface area contributed by atoms with Crippen LogP contribution in [0.4, 0.5) is 0 Å². The molecular formula is C13H16ClN5O2. The molecule has 0 saturated carbocycles. The highest BCUT2D eigenvalue weighted by atomic mass is 35.5. The number of nitrogens with zero attached hydrogens (tertiary/aromatic N) is 5. The highest BCUT2D eigenvalue weighted by molar-refractivity contribution is 6.33. The second-order valence-corrected chi connectivity index (χ2v) is 6.19. The normalized spacial score (nSPS) is 13.1. The van der Waals surface area contributed by atoms with E-state index in [1.165, 1.54) is 10.9 Å². The van der Waals surface area contributed by atoms with Gasteiger partial charge < -0.3 is 5.11 Å². The van der Waals surface area contributed by atoms with Crippen molar-refractivity contribution in [2.45, 2.75) is 33.2 Å². The predicted octanol–water partition coefficient (Wildman–Crippen LogP) is 2.45. The first-order valence-electron chi connectivity index (χ1n) is 6.40. The smallest absolute Gasteiger partial charge is 0.305 e. The lowest BCUT2D eigenvalue weighted by molar-refractivity contribution is -0.138. The summed E-state index contributed by atoms with van der Waals surface area (Å²) >= 11 is 6.12. The molecular weight excluding hydrogens is 294 g/mol. The number of rotatable bonds is 4. The molecule has 0 aromatic carbocycles. The largest absolute Gasteiger partial charge is 0.481 e. The van der Waals surface area contributed by atoms with Crippen molar-refractivity contribution in [3.63, 3.8) is 0 Å². The van der Waals surface area contributed by atoms with Crippen molar-refractivity contribution >= 4 is 17.6 Å². The second-order valence-electron chi connectivity index (χ2n) is 5.78. The molecule has 7 nitrogen and oxygen atoms in total. The SMILES string of the molecule is CC(C)(C)C(CC(=O)O)n1nnnc1-c1ccncc1Cl. The van der Waals surface area contributed by atoms with E-state index in [4.69, 9.17) is 16.7 Å². The Balaban J connectivity index is 2.52. The van der Waals surface area contributed by atoms with Crippen molar-refractivity contribution in [2.24, 2.45) is 5.41 Å². The lowest BCUT2D eigenvalue weighted by atomic mass is 9.84. The summed E-state index contributed by atoms with van der Waals surface area (Å²) in [6, 6.07) is 1.30. The number of aliphatic carboxylic acids is 1. The number of hydrogen-bond acceptors (Lipinski definition) is 5. The van der Waals surface area contributed by atoms with Gasteiger partial charge >= 0.3 is 5.97 Å². The van der Waals surface area contributed by atoms with E-state index in [0.717, 1.165) is 0 Å². The first-order chi connectivity index (χ1) is 9.80. The van der Waals surface area contributed by atoms with Gasteiger partial charge in [0, 0.05) is 18.0 Å². The number of carbonyl (C=O) groups is 1. The zero-order chi connectivity index (χ0) is 15.6. The first-order valence-corrected chi connectivity index (χ1v) is 6.78. The van der Waals surface area contributed by atoms with Gasteiger partial charge in [-0.1, -0.05) is 32.4 Å². The molecule has 8 heteroatoms. The van der Waals surface area contributed by atoms with Crippen LogP contribution in [0.1, 0.15) is 33.2 Å². The van der Waals surface area contributed by atoms with Crippen LogP contribution < -0.4 is 0 Å². The molecule has 1 atom stereocenters. The summed E-state index contributed by atoms with van der Waals surface area (Å²) in [5.41, 5.74) is 0.290. The Morgan fingerprint density at radius 2 is 2.19 bits per heavy atom. The Hall–Kier alpha value is -2.02. The average molecular weight is 310 g/mol. The molecule has 2 heterocycles. The average Bonchev–Trinajstić information content (AvgIpc) is 2.83. The molecule has 0 amide bonds. The Morgan fingerprint density at radius 3 is 2.76 bits per heavy atom. The van der Waals surface area contributed by atoms with Crippen LogP contribution in [0.2, 0.25) is 5.02 Å². The Labute approximate surface area is 127 Å². The van der Waals surface area contributed by atoms with E-state index in [2.05, 4.69) is 20.5 Å². The van der Waals surface area contributed by atoms with Crippen molar-refractivity contribution in [2.75, 3.05) is 0 Å². The summed E-state index contributed by atoms with van der Waals surface area (Å²) in [6.45, 7) is 5.83. The maximum Gasteiger partial charge on any atom is 0.305 e. The molecule has 2 aromatic rings.